The van der Waals surface area contributed by atoms with E-state index in [-0.39, 0.29) is 5.34 Å². The fourth-order valence-electron chi connectivity index (χ4n) is 9.78. The van der Waals surface area contributed by atoms with Gasteiger partial charge in [-0.05, 0) is 169 Å². The van der Waals surface area contributed by atoms with E-state index in [4.69, 9.17) is 32.7 Å². The molecule has 12 atom stereocenters. The van der Waals surface area contributed by atoms with E-state index in [0.29, 0.717) is 0 Å². The number of alkyl halides is 2. The van der Waals surface area contributed by atoms with Crippen LogP contribution in [-0.2, 0) is 9.47 Å². The molecular formula is C45H66Cl2O2. The Morgan fingerprint density at radius 2 is 1.20 bits per heavy atom. The first-order valence-corrected chi connectivity index (χ1v) is 20.8. The molecule has 9 unspecified atom stereocenters. The summed E-state index contributed by atoms with van der Waals surface area (Å²) in [5.74, 6) is 10.5. The van der Waals surface area contributed by atoms with Gasteiger partial charge in [-0.2, -0.15) is 0 Å². The van der Waals surface area contributed by atoms with Gasteiger partial charge in [0.2, 0.25) is 0 Å². The highest BCUT2D eigenvalue weighted by molar-refractivity contribution is 6.40. The zero-order chi connectivity index (χ0) is 34.8. The normalized spacial score (nSPS) is 38.0. The Morgan fingerprint density at radius 3 is 1.78 bits per heavy atom. The Labute approximate surface area is 310 Å². The van der Waals surface area contributed by atoms with Crippen LogP contribution < -0.4 is 0 Å². The van der Waals surface area contributed by atoms with Crippen molar-refractivity contribution < 1.29 is 9.47 Å². The second-order valence-corrected chi connectivity index (χ2v) is 15.9. The topological polar surface area (TPSA) is 18.5 Å². The minimum Gasteiger partial charge on any atom is -0.502 e. The maximum absolute atomic E-state index is 5.34. The molecule has 0 aliphatic heterocycles. The van der Waals surface area contributed by atoms with Crippen molar-refractivity contribution in [2.24, 2.45) is 71.0 Å². The van der Waals surface area contributed by atoms with E-state index < -0.39 is 0 Å². The molecule has 0 N–H and O–H groups in total. The molecule has 0 saturated heterocycles. The molecule has 0 spiro atoms. The third-order valence-corrected chi connectivity index (χ3v) is 12.1. The molecule has 8 aliphatic rings. The SMILES string of the molecule is C/C=C/C1CC(/C=C\C2CCC(/C=C/OCC)C2)C2C=CCC12.C/C=C/OCC.C1=CC2CCC1C2.C1=C[C@@H]2[C@@H]3C=CC(C3)[C@H]2C1.ClCCl. The number of allylic oxidation sites excluding steroid dienone is 14. The van der Waals surface area contributed by atoms with Gasteiger partial charge in [0.15, 0.2) is 0 Å². The third-order valence-electron chi connectivity index (χ3n) is 12.1. The Kier molecular flexibility index (Phi) is 18.0. The fourth-order valence-corrected chi connectivity index (χ4v) is 9.78. The van der Waals surface area contributed by atoms with Crippen LogP contribution in [0.4, 0.5) is 0 Å². The van der Waals surface area contributed by atoms with Crippen molar-refractivity contribution in [3.8, 4) is 0 Å². The van der Waals surface area contributed by atoms with Crippen LogP contribution in [0.15, 0.2) is 97.6 Å². The molecular weight excluding hydrogens is 643 g/mol. The smallest absolute Gasteiger partial charge is 0.0967 e. The Balaban J connectivity index is 0.000000168. The minimum atomic E-state index is 0.194. The predicted octanol–water partition coefficient (Wildman–Crippen LogP) is 13.2. The highest BCUT2D eigenvalue weighted by Crippen LogP contribution is 2.52. The average Bonchev–Trinajstić information content (AvgIpc) is 3.97. The second kappa shape index (κ2) is 22.1. The summed E-state index contributed by atoms with van der Waals surface area (Å²) in [4.78, 5) is 0. The van der Waals surface area contributed by atoms with E-state index in [0.717, 1.165) is 84.2 Å². The first-order valence-electron chi connectivity index (χ1n) is 19.7. The Hall–Kier alpha value is -1.90. The second-order valence-electron chi connectivity index (χ2n) is 15.1. The van der Waals surface area contributed by atoms with Crippen LogP contribution in [0, 0.1) is 71.0 Å². The van der Waals surface area contributed by atoms with E-state index in [1.54, 1.807) is 6.26 Å². The number of ether oxygens (including phenoxy) is 2. The van der Waals surface area contributed by atoms with Crippen molar-refractivity contribution in [1.29, 1.82) is 0 Å². The molecule has 0 heterocycles. The first-order chi connectivity index (χ1) is 24.0. The van der Waals surface area contributed by atoms with Gasteiger partial charge in [0.05, 0.1) is 31.1 Å². The van der Waals surface area contributed by atoms with Crippen molar-refractivity contribution in [2.45, 2.75) is 91.9 Å². The Morgan fingerprint density at radius 1 is 0.571 bits per heavy atom. The molecule has 0 aromatic heterocycles. The quantitative estimate of drug-likeness (QED) is 0.142. The fraction of sp³-hybridized carbons (Fsp3) is 0.644. The summed E-state index contributed by atoms with van der Waals surface area (Å²) in [6.07, 6.45) is 50.7. The van der Waals surface area contributed by atoms with Crippen molar-refractivity contribution >= 4 is 23.2 Å². The summed E-state index contributed by atoms with van der Waals surface area (Å²) in [5, 5.41) is 0.194. The molecule has 2 nitrogen and oxygen atoms in total. The monoisotopic (exact) mass is 708 g/mol. The van der Waals surface area contributed by atoms with E-state index in [9.17, 15) is 0 Å². The number of rotatable bonds is 8. The molecule has 0 aromatic carbocycles. The van der Waals surface area contributed by atoms with Gasteiger partial charge in [0.25, 0.3) is 0 Å². The lowest BCUT2D eigenvalue weighted by atomic mass is 9.86. The van der Waals surface area contributed by atoms with Crippen molar-refractivity contribution in [1.82, 2.24) is 0 Å². The molecule has 4 bridgehead atoms. The highest BCUT2D eigenvalue weighted by atomic mass is 35.5. The maximum Gasteiger partial charge on any atom is 0.0967 e. The molecule has 4 heteroatoms. The van der Waals surface area contributed by atoms with E-state index in [1.165, 1.54) is 64.2 Å². The summed E-state index contributed by atoms with van der Waals surface area (Å²) in [7, 11) is 0. The summed E-state index contributed by atoms with van der Waals surface area (Å²) >= 11 is 9.53. The zero-order valence-corrected chi connectivity index (χ0v) is 32.4. The molecule has 0 amide bonds. The number of hydrogen-bond acceptors (Lipinski definition) is 2. The van der Waals surface area contributed by atoms with Crippen molar-refractivity contribution in [2.75, 3.05) is 18.6 Å². The van der Waals surface area contributed by atoms with Gasteiger partial charge in [-0.25, -0.2) is 0 Å². The zero-order valence-electron chi connectivity index (χ0n) is 30.9. The van der Waals surface area contributed by atoms with E-state index in [1.807, 2.05) is 33.1 Å². The standard InChI is InChI=1S/C22H32O.C10H12.C7H10.C5H10O.CH2Cl2/c1-3-6-19-16-20(22-8-5-7-21(19)22)12-11-17-9-10-18(15-17)13-14-23-4-2;1-2-9-7-4-5-8(6-7)10(9)3-1;1-2-7-4-3-6(1)5-7;1-3-5-6-4-2;2-1-3/h3,5-6,8,11-14,17-22H,4,7,9-10,15-16H2,1-2H3;1-2,4-5,7-10H,3,6H2;1-2,6-7H,3-5H2;3,5H,4H2,1-2H3;1H2/b6-3+,12-11-,14-13+;;;5-3+;/t;7-,8?,9-,10-;;;/m.1.../s1. The lowest BCUT2D eigenvalue weighted by Gasteiger charge is -2.18. The van der Waals surface area contributed by atoms with Crippen LogP contribution in [0.5, 0.6) is 0 Å². The summed E-state index contributed by atoms with van der Waals surface area (Å²) in [6, 6.07) is 0. The Bertz CT molecular complexity index is 1160. The van der Waals surface area contributed by atoms with Crippen LogP contribution >= 0.6 is 23.2 Å². The van der Waals surface area contributed by atoms with Crippen LogP contribution in [0.1, 0.15) is 91.9 Å². The van der Waals surface area contributed by atoms with Crippen LogP contribution in [-0.4, -0.2) is 18.6 Å². The van der Waals surface area contributed by atoms with Crippen molar-refractivity contribution in [3.63, 3.8) is 0 Å². The lowest BCUT2D eigenvalue weighted by Crippen LogP contribution is -2.12. The maximum atomic E-state index is 5.34. The summed E-state index contributed by atoms with van der Waals surface area (Å²) in [6.45, 7) is 9.63. The van der Waals surface area contributed by atoms with Gasteiger partial charge >= 0.3 is 0 Å². The molecule has 4 saturated carbocycles. The predicted molar refractivity (Wildman–Crippen MR) is 212 cm³/mol. The number of hydrogen-bond donors (Lipinski definition) is 0. The average molecular weight is 710 g/mol. The first kappa shape index (κ1) is 39.9. The number of fused-ring (bicyclic) bond motifs is 8. The molecule has 0 radical (unpaired) electrons. The van der Waals surface area contributed by atoms with Gasteiger partial charge in [0, 0.05) is 0 Å². The van der Waals surface area contributed by atoms with Crippen LogP contribution in [0.2, 0.25) is 0 Å². The third kappa shape index (κ3) is 12.1. The summed E-state index contributed by atoms with van der Waals surface area (Å²) < 4.78 is 10.1. The molecule has 272 valence electrons. The largest absolute Gasteiger partial charge is 0.502 e. The summed E-state index contributed by atoms with van der Waals surface area (Å²) in [5.41, 5.74) is 0. The van der Waals surface area contributed by atoms with E-state index >= 15 is 0 Å². The minimum absolute atomic E-state index is 0.194. The number of halogens is 2. The lowest BCUT2D eigenvalue weighted by molar-refractivity contribution is 0.266. The van der Waals surface area contributed by atoms with Crippen molar-refractivity contribution in [3.05, 3.63) is 97.6 Å². The molecule has 4 fully saturated rings. The molecule has 8 rings (SSSR count). The molecule has 8 aliphatic carbocycles. The van der Waals surface area contributed by atoms with Crippen LogP contribution in [0.25, 0.3) is 0 Å². The van der Waals surface area contributed by atoms with Gasteiger partial charge in [-0.3, -0.25) is 0 Å². The molecule has 49 heavy (non-hydrogen) atoms. The van der Waals surface area contributed by atoms with Gasteiger partial charge in [-0.15, -0.1) is 23.2 Å². The van der Waals surface area contributed by atoms with Crippen LogP contribution in [0.3, 0.4) is 0 Å². The van der Waals surface area contributed by atoms with E-state index in [2.05, 4.69) is 85.9 Å². The van der Waals surface area contributed by atoms with Gasteiger partial charge < -0.3 is 9.47 Å². The molecule has 0 aromatic rings. The van der Waals surface area contributed by atoms with Gasteiger partial charge in [0.1, 0.15) is 0 Å². The highest BCUT2D eigenvalue weighted by Gasteiger charge is 2.44. The van der Waals surface area contributed by atoms with Gasteiger partial charge in [-0.1, -0.05) is 79.0 Å².